The number of rotatable bonds is 6. The Hall–Kier alpha value is -2.74. The van der Waals surface area contributed by atoms with Crippen LogP contribution >= 0.6 is 0 Å². The number of hydrogen-bond donors (Lipinski definition) is 1. The summed E-state index contributed by atoms with van der Waals surface area (Å²) in [7, 11) is 1.56. The molecule has 0 aliphatic heterocycles. The molecule has 8 nitrogen and oxygen atoms in total. The van der Waals surface area contributed by atoms with Gasteiger partial charge in [0, 0.05) is 12.7 Å². The molecule has 0 aliphatic rings. The van der Waals surface area contributed by atoms with E-state index in [0.717, 1.165) is 6.20 Å². The fourth-order valence-corrected chi connectivity index (χ4v) is 1.74. The van der Waals surface area contributed by atoms with Gasteiger partial charge < -0.3 is 15.2 Å². The monoisotopic (exact) mass is 290 g/mol. The molecule has 1 heterocycles. The minimum atomic E-state index is -0.555. The second-order valence-electron chi connectivity index (χ2n) is 4.06. The van der Waals surface area contributed by atoms with Crippen LogP contribution in [0.1, 0.15) is 0 Å². The highest BCUT2D eigenvalue weighted by atomic mass is 16.6. The standard InChI is InChI=1S/C13H14N4O4/c1-20-6-7-21-11-5-3-2-4-9(11)12-10(17(18)19)8-15-13(14)16-12/h2-5,8H,6-7H2,1H3,(H2,14,15,16). The first-order chi connectivity index (χ1) is 10.1. The summed E-state index contributed by atoms with van der Waals surface area (Å²) in [5.74, 6) is 0.429. The average molecular weight is 290 g/mol. The van der Waals surface area contributed by atoms with Gasteiger partial charge in [0.15, 0.2) is 5.69 Å². The number of para-hydroxylation sites is 1. The number of ether oxygens (including phenoxy) is 2. The van der Waals surface area contributed by atoms with E-state index in [1.165, 1.54) is 0 Å². The number of benzene rings is 1. The normalized spacial score (nSPS) is 10.3. The van der Waals surface area contributed by atoms with Crippen molar-refractivity contribution in [1.29, 1.82) is 0 Å². The highest BCUT2D eigenvalue weighted by Crippen LogP contribution is 2.34. The van der Waals surface area contributed by atoms with Crippen LogP contribution in [0.15, 0.2) is 30.5 Å². The third kappa shape index (κ3) is 3.42. The zero-order valence-electron chi connectivity index (χ0n) is 11.4. The van der Waals surface area contributed by atoms with Gasteiger partial charge in [0.25, 0.3) is 0 Å². The summed E-state index contributed by atoms with van der Waals surface area (Å²) in [5, 5.41) is 11.1. The van der Waals surface area contributed by atoms with E-state index in [1.807, 2.05) is 0 Å². The van der Waals surface area contributed by atoms with Crippen LogP contribution in [-0.4, -0.2) is 35.2 Å². The number of nitro groups is 1. The van der Waals surface area contributed by atoms with Gasteiger partial charge in [-0.25, -0.2) is 9.97 Å². The lowest BCUT2D eigenvalue weighted by Crippen LogP contribution is -2.06. The molecule has 0 unspecified atom stereocenters. The highest BCUT2D eigenvalue weighted by molar-refractivity contribution is 5.75. The lowest BCUT2D eigenvalue weighted by atomic mass is 10.1. The van der Waals surface area contributed by atoms with Gasteiger partial charge in [-0.2, -0.15) is 0 Å². The topological polar surface area (TPSA) is 113 Å². The number of aromatic nitrogens is 2. The zero-order chi connectivity index (χ0) is 15.2. The largest absolute Gasteiger partial charge is 0.490 e. The van der Waals surface area contributed by atoms with E-state index in [4.69, 9.17) is 15.2 Å². The van der Waals surface area contributed by atoms with E-state index in [0.29, 0.717) is 24.5 Å². The minimum Gasteiger partial charge on any atom is -0.490 e. The first-order valence-corrected chi connectivity index (χ1v) is 6.11. The second-order valence-corrected chi connectivity index (χ2v) is 4.06. The van der Waals surface area contributed by atoms with Crippen LogP contribution in [0.4, 0.5) is 11.6 Å². The van der Waals surface area contributed by atoms with E-state index in [2.05, 4.69) is 9.97 Å². The molecule has 1 aromatic heterocycles. The Morgan fingerprint density at radius 3 is 2.81 bits per heavy atom. The summed E-state index contributed by atoms with van der Waals surface area (Å²) >= 11 is 0. The summed E-state index contributed by atoms with van der Waals surface area (Å²) < 4.78 is 10.5. The molecule has 0 radical (unpaired) electrons. The summed E-state index contributed by atoms with van der Waals surface area (Å²) in [5.41, 5.74) is 5.91. The van der Waals surface area contributed by atoms with Crippen molar-refractivity contribution in [3.63, 3.8) is 0 Å². The van der Waals surface area contributed by atoms with Crippen molar-refractivity contribution < 1.29 is 14.4 Å². The predicted octanol–water partition coefficient (Wildman–Crippen LogP) is 1.66. The molecule has 0 bridgehead atoms. The van der Waals surface area contributed by atoms with Crippen LogP contribution < -0.4 is 10.5 Å². The summed E-state index contributed by atoms with van der Waals surface area (Å²) in [4.78, 5) is 18.2. The Balaban J connectivity index is 2.46. The van der Waals surface area contributed by atoms with E-state index in [9.17, 15) is 10.1 Å². The molecule has 110 valence electrons. The van der Waals surface area contributed by atoms with Crippen molar-refractivity contribution in [3.05, 3.63) is 40.6 Å². The lowest BCUT2D eigenvalue weighted by molar-refractivity contribution is -0.384. The Labute approximate surface area is 120 Å². The third-order valence-corrected chi connectivity index (χ3v) is 2.67. The van der Waals surface area contributed by atoms with Crippen LogP contribution in [0, 0.1) is 10.1 Å². The maximum Gasteiger partial charge on any atom is 0.313 e. The molecule has 0 amide bonds. The first-order valence-electron chi connectivity index (χ1n) is 6.11. The number of nitrogens with zero attached hydrogens (tertiary/aromatic N) is 3. The Morgan fingerprint density at radius 1 is 1.33 bits per heavy atom. The molecule has 0 spiro atoms. The maximum absolute atomic E-state index is 11.1. The minimum absolute atomic E-state index is 0.0395. The van der Waals surface area contributed by atoms with Crippen LogP contribution in [-0.2, 0) is 4.74 Å². The summed E-state index contributed by atoms with van der Waals surface area (Å²) in [6, 6.07) is 6.88. The van der Waals surface area contributed by atoms with E-state index < -0.39 is 4.92 Å². The third-order valence-electron chi connectivity index (χ3n) is 2.67. The SMILES string of the molecule is COCCOc1ccccc1-c1nc(N)ncc1[N+](=O)[O-]. The molecule has 0 fully saturated rings. The first kappa shape index (κ1) is 14.7. The quantitative estimate of drug-likeness (QED) is 0.489. The van der Waals surface area contributed by atoms with Gasteiger partial charge in [-0.3, -0.25) is 10.1 Å². The fraction of sp³-hybridized carbons (Fsp3) is 0.231. The van der Waals surface area contributed by atoms with Gasteiger partial charge in [0.05, 0.1) is 11.5 Å². The van der Waals surface area contributed by atoms with Gasteiger partial charge >= 0.3 is 5.69 Å². The zero-order valence-corrected chi connectivity index (χ0v) is 11.4. The van der Waals surface area contributed by atoms with Gasteiger partial charge in [-0.15, -0.1) is 0 Å². The molecular formula is C13H14N4O4. The Kier molecular flexibility index (Phi) is 4.62. The molecule has 21 heavy (non-hydrogen) atoms. The molecule has 1 aromatic carbocycles. The van der Waals surface area contributed by atoms with Crippen LogP contribution in [0.25, 0.3) is 11.3 Å². The van der Waals surface area contributed by atoms with Crippen molar-refractivity contribution >= 4 is 11.6 Å². The van der Waals surface area contributed by atoms with Gasteiger partial charge in [-0.1, -0.05) is 12.1 Å². The molecular weight excluding hydrogens is 276 g/mol. The van der Waals surface area contributed by atoms with Crippen molar-refractivity contribution in [3.8, 4) is 17.0 Å². The molecule has 2 aromatic rings. The van der Waals surface area contributed by atoms with Crippen molar-refractivity contribution in [2.75, 3.05) is 26.1 Å². The number of anilines is 1. The number of nitrogens with two attached hydrogens (primary N) is 1. The molecule has 2 rings (SSSR count). The van der Waals surface area contributed by atoms with Gasteiger partial charge in [-0.05, 0) is 12.1 Å². The smallest absolute Gasteiger partial charge is 0.313 e. The molecule has 0 aliphatic carbocycles. The van der Waals surface area contributed by atoms with Crippen LogP contribution in [0.3, 0.4) is 0 Å². The summed E-state index contributed by atoms with van der Waals surface area (Å²) in [6.07, 6.45) is 1.09. The summed E-state index contributed by atoms with van der Waals surface area (Å²) in [6.45, 7) is 0.726. The number of methoxy groups -OCH3 is 1. The van der Waals surface area contributed by atoms with E-state index >= 15 is 0 Å². The lowest BCUT2D eigenvalue weighted by Gasteiger charge is -2.11. The van der Waals surface area contributed by atoms with Crippen molar-refractivity contribution in [2.45, 2.75) is 0 Å². The Morgan fingerprint density at radius 2 is 2.10 bits per heavy atom. The van der Waals surface area contributed by atoms with Gasteiger partial charge in [0.1, 0.15) is 18.6 Å². The van der Waals surface area contributed by atoms with Crippen LogP contribution in [0.5, 0.6) is 5.75 Å². The number of hydrogen-bond acceptors (Lipinski definition) is 7. The molecule has 0 saturated heterocycles. The highest BCUT2D eigenvalue weighted by Gasteiger charge is 2.21. The van der Waals surface area contributed by atoms with Crippen molar-refractivity contribution in [2.24, 2.45) is 0 Å². The van der Waals surface area contributed by atoms with E-state index in [-0.39, 0.29) is 17.3 Å². The second kappa shape index (κ2) is 6.62. The Bertz CT molecular complexity index is 648. The fourth-order valence-electron chi connectivity index (χ4n) is 1.74. The molecule has 0 saturated carbocycles. The maximum atomic E-state index is 11.1. The molecule has 8 heteroatoms. The predicted molar refractivity (Wildman–Crippen MR) is 75.9 cm³/mol. The van der Waals surface area contributed by atoms with Crippen molar-refractivity contribution in [1.82, 2.24) is 9.97 Å². The van der Waals surface area contributed by atoms with E-state index in [1.54, 1.807) is 31.4 Å². The molecule has 2 N–H and O–H groups in total. The number of nitrogen functional groups attached to an aromatic ring is 1. The van der Waals surface area contributed by atoms with Gasteiger partial charge in [0.2, 0.25) is 5.95 Å². The average Bonchev–Trinajstić information content (AvgIpc) is 2.47. The molecule has 0 atom stereocenters. The van der Waals surface area contributed by atoms with Crippen LogP contribution in [0.2, 0.25) is 0 Å².